The summed E-state index contributed by atoms with van der Waals surface area (Å²) in [4.78, 5) is 48.2. The number of amides is 3. The lowest BCUT2D eigenvalue weighted by Gasteiger charge is -2.37. The van der Waals surface area contributed by atoms with Crippen LogP contribution in [0.4, 0.5) is 5.69 Å². The third kappa shape index (κ3) is 5.02. The lowest BCUT2D eigenvalue weighted by molar-refractivity contribution is -0.145. The van der Waals surface area contributed by atoms with Crippen LogP contribution in [0.5, 0.6) is 0 Å². The number of aliphatic hydroxyl groups excluding tert-OH is 1. The number of hydrogen-bond donors (Lipinski definition) is 1. The van der Waals surface area contributed by atoms with Gasteiger partial charge in [-0.1, -0.05) is 72.8 Å². The Morgan fingerprint density at radius 2 is 1.70 bits per heavy atom. The zero-order valence-electron chi connectivity index (χ0n) is 24.9. The van der Waals surface area contributed by atoms with Crippen LogP contribution in [0.3, 0.4) is 0 Å². The number of rotatable bonds is 12. The van der Waals surface area contributed by atoms with Crippen molar-refractivity contribution >= 4 is 34.2 Å². The van der Waals surface area contributed by atoms with Gasteiger partial charge < -0.3 is 24.5 Å². The minimum atomic E-state index is -1.13. The summed E-state index contributed by atoms with van der Waals surface area (Å²) < 4.78 is 6.67. The summed E-state index contributed by atoms with van der Waals surface area (Å²) in [6.45, 7) is 8.79. The Kier molecular flexibility index (Phi) is 8.38. The molecule has 3 aliphatic heterocycles. The second-order valence-corrected chi connectivity index (χ2v) is 11.9. The number of carbonyl (C=O) groups excluding carboxylic acids is 3. The summed E-state index contributed by atoms with van der Waals surface area (Å²) >= 11 is 0. The van der Waals surface area contributed by atoms with Crippen molar-refractivity contribution in [3.05, 3.63) is 104 Å². The highest BCUT2D eigenvalue weighted by Crippen LogP contribution is 2.59. The zero-order chi connectivity index (χ0) is 30.8. The van der Waals surface area contributed by atoms with Gasteiger partial charge in [-0.2, -0.15) is 0 Å². The maximum atomic E-state index is 14.7. The van der Waals surface area contributed by atoms with Crippen LogP contribution in [-0.4, -0.2) is 76.6 Å². The topological polar surface area (TPSA) is 90.4 Å². The average Bonchev–Trinajstić information content (AvgIpc) is 3.69. The highest BCUT2D eigenvalue weighted by Gasteiger charge is 2.74. The monoisotopic (exact) mass is 593 g/mol. The van der Waals surface area contributed by atoms with Crippen molar-refractivity contribution in [3.63, 3.8) is 0 Å². The molecule has 3 saturated heterocycles. The molecule has 3 amide bonds. The van der Waals surface area contributed by atoms with Gasteiger partial charge in [-0.25, -0.2) is 0 Å². The molecule has 3 aromatic rings. The summed E-state index contributed by atoms with van der Waals surface area (Å²) in [6, 6.07) is 22.6. The van der Waals surface area contributed by atoms with Gasteiger partial charge in [0.05, 0.1) is 17.9 Å². The van der Waals surface area contributed by atoms with E-state index in [2.05, 4.69) is 13.2 Å². The maximum Gasteiger partial charge on any atom is 0.253 e. The van der Waals surface area contributed by atoms with E-state index in [1.807, 2.05) is 72.8 Å². The molecule has 3 fully saturated rings. The van der Waals surface area contributed by atoms with Crippen LogP contribution in [0.1, 0.15) is 24.8 Å². The molecule has 0 radical (unpaired) electrons. The molecule has 8 heteroatoms. The Labute approximate surface area is 258 Å². The Morgan fingerprint density at radius 1 is 0.977 bits per heavy atom. The van der Waals surface area contributed by atoms with Crippen molar-refractivity contribution in [3.8, 4) is 0 Å². The smallest absolute Gasteiger partial charge is 0.253 e. The van der Waals surface area contributed by atoms with Crippen molar-refractivity contribution < 1.29 is 24.2 Å². The van der Waals surface area contributed by atoms with Crippen molar-refractivity contribution in [1.82, 2.24) is 9.80 Å². The molecule has 1 N–H and O–H groups in total. The predicted octanol–water partition coefficient (Wildman–Crippen LogP) is 4.33. The molecular formula is C36H39N3O5. The first-order valence-corrected chi connectivity index (χ1v) is 15.4. The fourth-order valence-corrected chi connectivity index (χ4v) is 7.54. The molecule has 0 aliphatic carbocycles. The van der Waals surface area contributed by atoms with E-state index in [9.17, 15) is 19.5 Å². The number of carbonyl (C=O) groups is 3. The van der Waals surface area contributed by atoms with Crippen LogP contribution in [-0.2, 0) is 25.7 Å². The van der Waals surface area contributed by atoms with E-state index in [0.29, 0.717) is 38.0 Å². The second-order valence-electron chi connectivity index (χ2n) is 11.9. The van der Waals surface area contributed by atoms with Gasteiger partial charge in [-0.3, -0.25) is 14.4 Å². The van der Waals surface area contributed by atoms with E-state index in [1.165, 1.54) is 0 Å². The lowest BCUT2D eigenvalue weighted by Crippen LogP contribution is -2.56. The summed E-state index contributed by atoms with van der Waals surface area (Å²) in [5.74, 6) is -2.18. The van der Waals surface area contributed by atoms with Crippen LogP contribution in [0.15, 0.2) is 98.1 Å². The number of likely N-dealkylation sites (tertiary alicyclic amines) is 1. The number of hydrogen-bond acceptors (Lipinski definition) is 5. The molecule has 0 aromatic heterocycles. The van der Waals surface area contributed by atoms with Gasteiger partial charge in [0.1, 0.15) is 11.6 Å². The molecule has 0 saturated carbocycles. The Balaban J connectivity index is 1.37. The van der Waals surface area contributed by atoms with Crippen molar-refractivity contribution in [2.24, 2.45) is 11.8 Å². The van der Waals surface area contributed by atoms with Gasteiger partial charge in [-0.15, -0.1) is 13.2 Å². The zero-order valence-corrected chi connectivity index (χ0v) is 24.9. The number of ether oxygens (including phenoxy) is 1. The molecular weight excluding hydrogens is 554 g/mol. The Morgan fingerprint density at radius 3 is 2.43 bits per heavy atom. The largest absolute Gasteiger partial charge is 0.396 e. The first kappa shape index (κ1) is 29.8. The Bertz CT molecular complexity index is 1570. The van der Waals surface area contributed by atoms with Gasteiger partial charge in [0.2, 0.25) is 11.8 Å². The summed E-state index contributed by atoms with van der Waals surface area (Å²) in [5.41, 5.74) is 0.549. The predicted molar refractivity (Wildman–Crippen MR) is 170 cm³/mol. The third-order valence-corrected chi connectivity index (χ3v) is 9.38. The number of fused-ring (bicyclic) bond motifs is 2. The minimum absolute atomic E-state index is 0.126. The number of aliphatic hydroxyl groups is 1. The number of benzene rings is 3. The molecule has 2 bridgehead atoms. The van der Waals surface area contributed by atoms with E-state index < -0.39 is 29.6 Å². The van der Waals surface area contributed by atoms with Crippen molar-refractivity contribution in [2.45, 2.75) is 43.6 Å². The molecule has 2 unspecified atom stereocenters. The first-order valence-electron chi connectivity index (χ1n) is 15.4. The average molecular weight is 594 g/mol. The van der Waals surface area contributed by atoms with Crippen LogP contribution in [0, 0.1) is 11.8 Å². The first-order chi connectivity index (χ1) is 21.4. The van der Waals surface area contributed by atoms with Crippen LogP contribution < -0.4 is 4.90 Å². The van der Waals surface area contributed by atoms with E-state index >= 15 is 0 Å². The van der Waals surface area contributed by atoms with Gasteiger partial charge in [0, 0.05) is 38.5 Å². The minimum Gasteiger partial charge on any atom is -0.396 e. The van der Waals surface area contributed by atoms with E-state index in [4.69, 9.17) is 4.74 Å². The van der Waals surface area contributed by atoms with Gasteiger partial charge in [0.25, 0.3) is 5.91 Å². The van der Waals surface area contributed by atoms with Crippen LogP contribution >= 0.6 is 0 Å². The molecule has 228 valence electrons. The molecule has 3 aromatic carbocycles. The molecule has 3 heterocycles. The standard InChI is InChI=1S/C36H39N3O5/c1-3-19-37(24-25-11-6-5-7-12-25)33(41)30-29-17-18-36(44-29)31(30)34(42)39(21-10-22-40)32(36)35(43)38(20-4-2)28-16-15-26-13-8-9-14-27(26)23-28/h3-9,11-16,23,29-32,40H,1-2,10,17-22,24H2/t29-,30+,31-,32?,36?/m0/s1. The van der Waals surface area contributed by atoms with Gasteiger partial charge in [0.15, 0.2) is 0 Å². The molecule has 44 heavy (non-hydrogen) atoms. The van der Waals surface area contributed by atoms with Crippen molar-refractivity contribution in [2.75, 3.05) is 31.1 Å². The van der Waals surface area contributed by atoms with E-state index in [0.717, 1.165) is 16.3 Å². The highest BCUT2D eigenvalue weighted by molar-refractivity contribution is 6.05. The van der Waals surface area contributed by atoms with Crippen LogP contribution in [0.2, 0.25) is 0 Å². The van der Waals surface area contributed by atoms with E-state index in [1.54, 1.807) is 26.9 Å². The molecule has 6 rings (SSSR count). The summed E-state index contributed by atoms with van der Waals surface area (Å²) in [6.07, 6.45) is 4.31. The maximum absolute atomic E-state index is 14.7. The number of nitrogens with zero attached hydrogens (tertiary/aromatic N) is 3. The number of anilines is 1. The SMILES string of the molecule is C=CCN(Cc1ccccc1)C(=O)[C@@H]1[C@@H]2CCC3(O2)C(C(=O)N(CC=C)c2ccc4ccccc4c2)N(CCCO)C(=O)[C@H]13. The quantitative estimate of drug-likeness (QED) is 0.316. The molecule has 3 aliphatic rings. The van der Waals surface area contributed by atoms with E-state index in [-0.39, 0.29) is 37.4 Å². The summed E-state index contributed by atoms with van der Waals surface area (Å²) in [7, 11) is 0. The highest BCUT2D eigenvalue weighted by atomic mass is 16.5. The van der Waals surface area contributed by atoms with Crippen molar-refractivity contribution in [1.29, 1.82) is 0 Å². The van der Waals surface area contributed by atoms with Crippen LogP contribution in [0.25, 0.3) is 10.8 Å². The normalized spacial score (nSPS) is 25.2. The van der Waals surface area contributed by atoms with Gasteiger partial charge >= 0.3 is 0 Å². The summed E-state index contributed by atoms with van der Waals surface area (Å²) in [5, 5.41) is 11.8. The fraction of sp³-hybridized carbons (Fsp3) is 0.361. The molecule has 8 nitrogen and oxygen atoms in total. The second kappa shape index (κ2) is 12.4. The fourth-order valence-electron chi connectivity index (χ4n) is 7.54. The molecule has 1 spiro atoms. The molecule has 5 atom stereocenters. The van der Waals surface area contributed by atoms with Gasteiger partial charge in [-0.05, 0) is 47.7 Å². The Hall–Kier alpha value is -4.27. The lowest BCUT2D eigenvalue weighted by atomic mass is 9.70. The third-order valence-electron chi connectivity index (χ3n) is 9.38.